The van der Waals surface area contributed by atoms with E-state index in [1.165, 1.54) is 18.2 Å². The highest BCUT2D eigenvalue weighted by molar-refractivity contribution is 5.92. The summed E-state index contributed by atoms with van der Waals surface area (Å²) in [5.74, 6) is -0.915. The van der Waals surface area contributed by atoms with Gasteiger partial charge in [-0.3, -0.25) is 9.48 Å². The molecule has 2 aromatic rings. The van der Waals surface area contributed by atoms with E-state index in [1.54, 1.807) is 0 Å². The van der Waals surface area contributed by atoms with Gasteiger partial charge < -0.3 is 11.1 Å². The van der Waals surface area contributed by atoms with Crippen LogP contribution in [0.1, 0.15) is 32.9 Å². The summed E-state index contributed by atoms with van der Waals surface area (Å²) < 4.78 is 15.5. The summed E-state index contributed by atoms with van der Waals surface area (Å²) in [6.07, 6.45) is 0. The Morgan fingerprint density at radius 1 is 1.38 bits per heavy atom. The molecule has 21 heavy (non-hydrogen) atoms. The number of hydrogen-bond acceptors (Lipinski definition) is 3. The summed E-state index contributed by atoms with van der Waals surface area (Å²) >= 11 is 0. The molecule has 0 saturated carbocycles. The minimum absolute atomic E-state index is 0.307. The molecule has 1 amide bonds. The van der Waals surface area contributed by atoms with Crippen molar-refractivity contribution in [2.75, 3.05) is 0 Å². The monoisotopic (exact) mass is 290 g/mol. The molecular formula is C15H19FN4O. The lowest BCUT2D eigenvalue weighted by Crippen LogP contribution is -2.17. The fourth-order valence-electron chi connectivity index (χ4n) is 2.26. The van der Waals surface area contributed by atoms with Crippen LogP contribution in [0.2, 0.25) is 0 Å². The number of benzene rings is 1. The molecular weight excluding hydrogens is 271 g/mol. The third-order valence-corrected chi connectivity index (χ3v) is 3.61. The number of nitrogens with one attached hydrogen (secondary N) is 1. The SMILES string of the molecule is Cc1nn(C)c(C)c1CNCc1cc(C(N)=O)ccc1F. The molecule has 112 valence electrons. The van der Waals surface area contributed by atoms with E-state index >= 15 is 0 Å². The zero-order valence-electron chi connectivity index (χ0n) is 12.4. The van der Waals surface area contributed by atoms with Crippen molar-refractivity contribution >= 4 is 5.91 Å². The Hall–Kier alpha value is -2.21. The quantitative estimate of drug-likeness (QED) is 0.878. The molecule has 0 aliphatic heterocycles. The number of rotatable bonds is 5. The summed E-state index contributed by atoms with van der Waals surface area (Å²) in [6.45, 7) is 4.84. The predicted molar refractivity (Wildman–Crippen MR) is 78.1 cm³/mol. The second-order valence-corrected chi connectivity index (χ2v) is 5.05. The lowest BCUT2D eigenvalue weighted by atomic mass is 10.1. The summed E-state index contributed by atoms with van der Waals surface area (Å²) in [5.41, 5.74) is 9.06. The first-order valence-corrected chi connectivity index (χ1v) is 6.68. The van der Waals surface area contributed by atoms with Gasteiger partial charge in [-0.2, -0.15) is 5.10 Å². The van der Waals surface area contributed by atoms with Crippen LogP contribution in [0.25, 0.3) is 0 Å². The van der Waals surface area contributed by atoms with Crippen LogP contribution < -0.4 is 11.1 Å². The number of hydrogen-bond donors (Lipinski definition) is 2. The number of nitrogens with zero attached hydrogens (tertiary/aromatic N) is 2. The van der Waals surface area contributed by atoms with E-state index in [-0.39, 0.29) is 5.82 Å². The molecule has 2 rings (SSSR count). The minimum Gasteiger partial charge on any atom is -0.366 e. The topological polar surface area (TPSA) is 72.9 Å². The van der Waals surface area contributed by atoms with Gasteiger partial charge in [-0.25, -0.2) is 4.39 Å². The molecule has 0 radical (unpaired) electrons. The van der Waals surface area contributed by atoms with Gasteiger partial charge in [0, 0.05) is 42.5 Å². The van der Waals surface area contributed by atoms with Gasteiger partial charge in [0.05, 0.1) is 5.69 Å². The van der Waals surface area contributed by atoms with Gasteiger partial charge in [-0.1, -0.05) is 0 Å². The van der Waals surface area contributed by atoms with Crippen LogP contribution in [0.4, 0.5) is 4.39 Å². The molecule has 0 spiro atoms. The van der Waals surface area contributed by atoms with Gasteiger partial charge in [0.25, 0.3) is 0 Å². The van der Waals surface area contributed by atoms with Crippen molar-refractivity contribution in [3.63, 3.8) is 0 Å². The van der Waals surface area contributed by atoms with Gasteiger partial charge in [0.1, 0.15) is 5.82 Å². The summed E-state index contributed by atoms with van der Waals surface area (Å²) in [6, 6.07) is 4.13. The fraction of sp³-hybridized carbons (Fsp3) is 0.333. The molecule has 0 aliphatic carbocycles. The molecule has 0 unspecified atom stereocenters. The zero-order valence-corrected chi connectivity index (χ0v) is 12.4. The average Bonchev–Trinajstić information content (AvgIpc) is 2.66. The third kappa shape index (κ3) is 3.28. The van der Waals surface area contributed by atoms with Crippen LogP contribution in [0.5, 0.6) is 0 Å². The molecule has 5 nitrogen and oxygen atoms in total. The summed E-state index contributed by atoms with van der Waals surface area (Å²) in [7, 11) is 1.89. The van der Waals surface area contributed by atoms with Gasteiger partial charge in [-0.05, 0) is 32.0 Å². The van der Waals surface area contributed by atoms with Crippen molar-refractivity contribution in [3.05, 3.63) is 52.1 Å². The number of primary amides is 1. The van der Waals surface area contributed by atoms with Crippen LogP contribution in [0, 0.1) is 19.7 Å². The standard InChI is InChI=1S/C15H19FN4O/c1-9-13(10(2)20(3)19-9)8-18-7-12-6-11(15(17)21)4-5-14(12)16/h4-6,18H,7-8H2,1-3H3,(H2,17,21). The van der Waals surface area contributed by atoms with Crippen LogP contribution in [0.15, 0.2) is 18.2 Å². The van der Waals surface area contributed by atoms with Crippen LogP contribution in [-0.2, 0) is 20.1 Å². The van der Waals surface area contributed by atoms with E-state index in [2.05, 4.69) is 10.4 Å². The van der Waals surface area contributed by atoms with E-state index in [9.17, 15) is 9.18 Å². The minimum atomic E-state index is -0.560. The number of carbonyl (C=O) groups excluding carboxylic acids is 1. The molecule has 0 saturated heterocycles. The van der Waals surface area contributed by atoms with E-state index in [0.29, 0.717) is 24.2 Å². The maximum absolute atomic E-state index is 13.7. The molecule has 6 heteroatoms. The number of nitrogens with two attached hydrogens (primary N) is 1. The van der Waals surface area contributed by atoms with Gasteiger partial charge in [0.2, 0.25) is 5.91 Å². The molecule has 1 aromatic carbocycles. The highest BCUT2D eigenvalue weighted by atomic mass is 19.1. The Bertz CT molecular complexity index is 679. The number of halogens is 1. The van der Waals surface area contributed by atoms with Crippen molar-refractivity contribution in [1.29, 1.82) is 0 Å². The zero-order chi connectivity index (χ0) is 15.6. The van der Waals surface area contributed by atoms with Crippen molar-refractivity contribution in [3.8, 4) is 0 Å². The lowest BCUT2D eigenvalue weighted by Gasteiger charge is -2.08. The van der Waals surface area contributed by atoms with Crippen molar-refractivity contribution < 1.29 is 9.18 Å². The van der Waals surface area contributed by atoms with Gasteiger partial charge >= 0.3 is 0 Å². The number of carbonyl (C=O) groups is 1. The molecule has 1 aromatic heterocycles. The predicted octanol–water partition coefficient (Wildman–Crippen LogP) is 1.56. The highest BCUT2D eigenvalue weighted by Gasteiger charge is 2.10. The average molecular weight is 290 g/mol. The van der Waals surface area contributed by atoms with E-state index in [0.717, 1.165) is 17.0 Å². The van der Waals surface area contributed by atoms with E-state index in [1.807, 2.05) is 25.6 Å². The normalized spacial score (nSPS) is 10.9. The maximum atomic E-state index is 13.7. The Morgan fingerprint density at radius 3 is 2.67 bits per heavy atom. The second kappa shape index (κ2) is 6.05. The number of aryl methyl sites for hydroxylation is 2. The molecule has 0 fully saturated rings. The van der Waals surface area contributed by atoms with Gasteiger partial charge in [0.15, 0.2) is 0 Å². The van der Waals surface area contributed by atoms with Crippen LogP contribution >= 0.6 is 0 Å². The Kier molecular flexibility index (Phi) is 4.37. The summed E-state index contributed by atoms with van der Waals surface area (Å²) in [4.78, 5) is 11.1. The Labute approximate surface area is 123 Å². The lowest BCUT2D eigenvalue weighted by molar-refractivity contribution is 0.1000. The van der Waals surface area contributed by atoms with Crippen molar-refractivity contribution in [2.24, 2.45) is 12.8 Å². The fourth-order valence-corrected chi connectivity index (χ4v) is 2.26. The van der Waals surface area contributed by atoms with E-state index < -0.39 is 5.91 Å². The number of aromatic nitrogens is 2. The first-order valence-electron chi connectivity index (χ1n) is 6.68. The molecule has 3 N–H and O–H groups in total. The molecule has 0 bridgehead atoms. The highest BCUT2D eigenvalue weighted by Crippen LogP contribution is 2.13. The third-order valence-electron chi connectivity index (χ3n) is 3.61. The largest absolute Gasteiger partial charge is 0.366 e. The Morgan fingerprint density at radius 2 is 2.10 bits per heavy atom. The first kappa shape index (κ1) is 15.2. The van der Waals surface area contributed by atoms with Crippen molar-refractivity contribution in [1.82, 2.24) is 15.1 Å². The van der Waals surface area contributed by atoms with Crippen molar-refractivity contribution in [2.45, 2.75) is 26.9 Å². The maximum Gasteiger partial charge on any atom is 0.248 e. The molecule has 0 atom stereocenters. The molecule has 0 aliphatic rings. The smallest absolute Gasteiger partial charge is 0.248 e. The second-order valence-electron chi connectivity index (χ2n) is 5.05. The Balaban J connectivity index is 2.06. The van der Waals surface area contributed by atoms with E-state index in [4.69, 9.17) is 5.73 Å². The molecule has 1 heterocycles. The van der Waals surface area contributed by atoms with Crippen LogP contribution in [-0.4, -0.2) is 15.7 Å². The van der Waals surface area contributed by atoms with Crippen LogP contribution in [0.3, 0.4) is 0 Å². The summed E-state index contributed by atoms with van der Waals surface area (Å²) in [5, 5.41) is 7.51. The van der Waals surface area contributed by atoms with Gasteiger partial charge in [-0.15, -0.1) is 0 Å². The first-order chi connectivity index (χ1) is 9.90. The number of amides is 1.